The lowest BCUT2D eigenvalue weighted by molar-refractivity contribution is -0.214. The summed E-state index contributed by atoms with van der Waals surface area (Å²) in [5, 5.41) is 0. The number of rotatable bonds is 4. The SMILES string of the molecule is CCOC(=O)[C@H]1CC[C@@H](OCC)ON1. The van der Waals surface area contributed by atoms with Crippen molar-refractivity contribution in [3.05, 3.63) is 0 Å². The number of hydroxylamine groups is 1. The quantitative estimate of drug-likeness (QED) is 0.678. The van der Waals surface area contributed by atoms with Gasteiger partial charge in [0.15, 0.2) is 6.29 Å². The Balaban J connectivity index is 2.24. The largest absolute Gasteiger partial charge is 0.465 e. The summed E-state index contributed by atoms with van der Waals surface area (Å²) in [6, 6.07) is -0.355. The molecule has 0 saturated carbocycles. The molecule has 14 heavy (non-hydrogen) atoms. The maximum Gasteiger partial charge on any atom is 0.325 e. The van der Waals surface area contributed by atoms with Gasteiger partial charge in [-0.2, -0.15) is 5.48 Å². The van der Waals surface area contributed by atoms with E-state index in [2.05, 4.69) is 5.48 Å². The molecule has 1 fully saturated rings. The Bertz CT molecular complexity index is 178. The van der Waals surface area contributed by atoms with Gasteiger partial charge in [0.25, 0.3) is 0 Å². The van der Waals surface area contributed by atoms with Crippen LogP contribution in [0.2, 0.25) is 0 Å². The molecule has 1 aliphatic heterocycles. The normalized spacial score (nSPS) is 27.3. The first-order valence-electron chi connectivity index (χ1n) is 4.97. The van der Waals surface area contributed by atoms with E-state index in [0.29, 0.717) is 26.1 Å². The number of ether oxygens (including phenoxy) is 2. The molecule has 1 heterocycles. The Morgan fingerprint density at radius 2 is 2.21 bits per heavy atom. The first-order valence-corrected chi connectivity index (χ1v) is 4.97. The van der Waals surface area contributed by atoms with Gasteiger partial charge in [0.2, 0.25) is 0 Å². The lowest BCUT2D eigenvalue weighted by Crippen LogP contribution is -2.45. The van der Waals surface area contributed by atoms with Crippen molar-refractivity contribution in [3.63, 3.8) is 0 Å². The second-order valence-corrected chi connectivity index (χ2v) is 3.00. The van der Waals surface area contributed by atoms with Crippen LogP contribution in [0.5, 0.6) is 0 Å². The molecule has 82 valence electrons. The van der Waals surface area contributed by atoms with Gasteiger partial charge < -0.3 is 9.47 Å². The Morgan fingerprint density at radius 1 is 1.43 bits per heavy atom. The van der Waals surface area contributed by atoms with Gasteiger partial charge in [-0.3, -0.25) is 9.63 Å². The van der Waals surface area contributed by atoms with Crippen molar-refractivity contribution in [2.45, 2.75) is 39.0 Å². The summed E-state index contributed by atoms with van der Waals surface area (Å²) in [5.41, 5.74) is 2.64. The number of hydrogen-bond donors (Lipinski definition) is 1. The third-order valence-electron chi connectivity index (χ3n) is 1.96. The van der Waals surface area contributed by atoms with E-state index in [0.717, 1.165) is 0 Å². The smallest absolute Gasteiger partial charge is 0.325 e. The molecule has 0 spiro atoms. The Labute approximate surface area is 83.7 Å². The van der Waals surface area contributed by atoms with Crippen molar-refractivity contribution in [3.8, 4) is 0 Å². The second-order valence-electron chi connectivity index (χ2n) is 3.00. The second kappa shape index (κ2) is 5.95. The molecule has 0 aliphatic carbocycles. The van der Waals surface area contributed by atoms with Crippen molar-refractivity contribution in [2.24, 2.45) is 0 Å². The summed E-state index contributed by atoms with van der Waals surface area (Å²) in [5.74, 6) is -0.262. The van der Waals surface area contributed by atoms with Crippen molar-refractivity contribution in [1.29, 1.82) is 0 Å². The van der Waals surface area contributed by atoms with Crippen LogP contribution >= 0.6 is 0 Å². The molecule has 0 aromatic rings. The van der Waals surface area contributed by atoms with Crippen LogP contribution in [0.25, 0.3) is 0 Å². The first kappa shape index (κ1) is 11.4. The van der Waals surface area contributed by atoms with Crippen LogP contribution in [0.4, 0.5) is 0 Å². The van der Waals surface area contributed by atoms with Crippen LogP contribution in [0.15, 0.2) is 0 Å². The molecule has 0 aromatic carbocycles. The van der Waals surface area contributed by atoms with Crippen molar-refractivity contribution < 1.29 is 19.1 Å². The highest BCUT2D eigenvalue weighted by Crippen LogP contribution is 2.13. The fourth-order valence-electron chi connectivity index (χ4n) is 1.29. The standard InChI is InChI=1S/C9H17NO4/c1-3-12-8-6-5-7(10-14-8)9(11)13-4-2/h7-8,10H,3-6H2,1-2H3/t7-,8+/m1/s1. The van der Waals surface area contributed by atoms with E-state index in [9.17, 15) is 4.79 Å². The van der Waals surface area contributed by atoms with E-state index in [1.54, 1.807) is 6.92 Å². The van der Waals surface area contributed by atoms with Gasteiger partial charge in [0, 0.05) is 13.0 Å². The lowest BCUT2D eigenvalue weighted by Gasteiger charge is -2.27. The molecule has 1 N–H and O–H groups in total. The number of carbonyl (C=O) groups is 1. The molecule has 0 aromatic heterocycles. The third-order valence-corrected chi connectivity index (χ3v) is 1.96. The first-order chi connectivity index (χ1) is 6.77. The Morgan fingerprint density at radius 3 is 2.71 bits per heavy atom. The van der Waals surface area contributed by atoms with Crippen molar-refractivity contribution in [1.82, 2.24) is 5.48 Å². The molecule has 1 saturated heterocycles. The summed E-state index contributed by atoms with van der Waals surface area (Å²) < 4.78 is 10.1. The fraction of sp³-hybridized carbons (Fsp3) is 0.889. The molecule has 2 atom stereocenters. The predicted molar refractivity (Wildman–Crippen MR) is 49.3 cm³/mol. The average Bonchev–Trinajstić information content (AvgIpc) is 2.20. The molecule has 5 heteroatoms. The molecular formula is C9H17NO4. The van der Waals surface area contributed by atoms with E-state index < -0.39 is 0 Å². The third kappa shape index (κ3) is 3.25. The molecule has 0 radical (unpaired) electrons. The minimum atomic E-state index is -0.355. The molecule has 1 aliphatic rings. The van der Waals surface area contributed by atoms with Gasteiger partial charge in [-0.05, 0) is 20.3 Å². The minimum absolute atomic E-state index is 0.245. The number of hydrogen-bond acceptors (Lipinski definition) is 5. The lowest BCUT2D eigenvalue weighted by atomic mass is 10.1. The summed E-state index contributed by atoms with van der Waals surface area (Å²) in [6.07, 6.45) is 1.15. The highest BCUT2D eigenvalue weighted by atomic mass is 16.8. The maximum absolute atomic E-state index is 11.3. The zero-order valence-corrected chi connectivity index (χ0v) is 8.62. The zero-order chi connectivity index (χ0) is 10.4. The Kier molecular flexibility index (Phi) is 4.86. The summed E-state index contributed by atoms with van der Waals surface area (Å²) in [6.45, 7) is 4.69. The maximum atomic E-state index is 11.3. The van der Waals surface area contributed by atoms with Crippen molar-refractivity contribution in [2.75, 3.05) is 13.2 Å². The van der Waals surface area contributed by atoms with Gasteiger partial charge in [-0.15, -0.1) is 0 Å². The number of nitrogens with one attached hydrogen (secondary N) is 1. The van der Waals surface area contributed by atoms with Gasteiger partial charge in [0.1, 0.15) is 6.04 Å². The van der Waals surface area contributed by atoms with Crippen LogP contribution in [-0.2, 0) is 19.1 Å². The van der Waals surface area contributed by atoms with Gasteiger partial charge in [-0.25, -0.2) is 0 Å². The van der Waals surface area contributed by atoms with Gasteiger partial charge in [0.05, 0.1) is 6.61 Å². The molecule has 0 bridgehead atoms. The van der Waals surface area contributed by atoms with Crippen LogP contribution in [0, 0.1) is 0 Å². The minimum Gasteiger partial charge on any atom is -0.465 e. The van der Waals surface area contributed by atoms with E-state index >= 15 is 0 Å². The monoisotopic (exact) mass is 203 g/mol. The van der Waals surface area contributed by atoms with Crippen LogP contribution in [0.3, 0.4) is 0 Å². The molecule has 0 unspecified atom stereocenters. The average molecular weight is 203 g/mol. The molecule has 1 rings (SSSR count). The van der Waals surface area contributed by atoms with Crippen LogP contribution in [0.1, 0.15) is 26.7 Å². The summed E-state index contributed by atoms with van der Waals surface area (Å²) in [7, 11) is 0. The van der Waals surface area contributed by atoms with Crippen molar-refractivity contribution >= 4 is 5.97 Å². The Hall–Kier alpha value is -0.650. The van der Waals surface area contributed by atoms with E-state index in [-0.39, 0.29) is 18.3 Å². The molecule has 5 nitrogen and oxygen atoms in total. The zero-order valence-electron chi connectivity index (χ0n) is 8.62. The van der Waals surface area contributed by atoms with Crippen LogP contribution < -0.4 is 5.48 Å². The molecular weight excluding hydrogens is 186 g/mol. The van der Waals surface area contributed by atoms with Gasteiger partial charge >= 0.3 is 5.97 Å². The fourth-order valence-corrected chi connectivity index (χ4v) is 1.29. The van der Waals surface area contributed by atoms with E-state index in [1.807, 2.05) is 6.92 Å². The highest BCUT2D eigenvalue weighted by molar-refractivity contribution is 5.75. The summed E-state index contributed by atoms with van der Waals surface area (Å²) in [4.78, 5) is 16.4. The summed E-state index contributed by atoms with van der Waals surface area (Å²) >= 11 is 0. The van der Waals surface area contributed by atoms with E-state index in [1.165, 1.54) is 0 Å². The number of carbonyl (C=O) groups excluding carboxylic acids is 1. The highest BCUT2D eigenvalue weighted by Gasteiger charge is 2.27. The van der Waals surface area contributed by atoms with Gasteiger partial charge in [-0.1, -0.05) is 0 Å². The number of esters is 1. The topological polar surface area (TPSA) is 56.8 Å². The molecule has 0 amide bonds. The van der Waals surface area contributed by atoms with E-state index in [4.69, 9.17) is 14.3 Å². The predicted octanol–water partition coefficient (Wildman–Crippen LogP) is 0.596. The van der Waals surface area contributed by atoms with Crippen LogP contribution in [-0.4, -0.2) is 31.5 Å².